The number of aromatic carboxylic acids is 1. The van der Waals surface area contributed by atoms with E-state index in [0.29, 0.717) is 35.2 Å². The monoisotopic (exact) mass is 499 g/mol. The van der Waals surface area contributed by atoms with Crippen LogP contribution >= 0.6 is 0 Å². The van der Waals surface area contributed by atoms with Crippen molar-refractivity contribution < 1.29 is 24.2 Å². The summed E-state index contributed by atoms with van der Waals surface area (Å²) >= 11 is 0. The molecule has 4 rings (SSSR count). The van der Waals surface area contributed by atoms with Crippen LogP contribution in [0.15, 0.2) is 23.1 Å². The highest BCUT2D eigenvalue weighted by Gasteiger charge is 2.35. The van der Waals surface area contributed by atoms with Gasteiger partial charge in [-0.05, 0) is 70.9 Å². The summed E-state index contributed by atoms with van der Waals surface area (Å²) in [6, 6.07) is 4.09. The molecule has 0 radical (unpaired) electrons. The van der Waals surface area contributed by atoms with Crippen LogP contribution in [0.3, 0.4) is 0 Å². The van der Waals surface area contributed by atoms with Gasteiger partial charge in [-0.15, -0.1) is 0 Å². The van der Waals surface area contributed by atoms with Crippen molar-refractivity contribution in [3.63, 3.8) is 0 Å². The summed E-state index contributed by atoms with van der Waals surface area (Å²) in [5, 5.41) is 12.8. The summed E-state index contributed by atoms with van der Waals surface area (Å²) in [6.07, 6.45) is 5.72. The molecule has 1 aromatic carbocycles. The van der Waals surface area contributed by atoms with Crippen molar-refractivity contribution >= 4 is 28.7 Å². The largest absolute Gasteiger partial charge is 0.492 e. The molecule has 1 aromatic heterocycles. The van der Waals surface area contributed by atoms with Crippen molar-refractivity contribution in [1.82, 2.24) is 9.88 Å². The molecule has 1 aliphatic heterocycles. The molecule has 2 atom stereocenters. The molecule has 0 bridgehead atoms. The third-order valence-corrected chi connectivity index (χ3v) is 7.00. The van der Waals surface area contributed by atoms with Crippen molar-refractivity contribution in [3.05, 3.63) is 34.1 Å². The van der Waals surface area contributed by atoms with Gasteiger partial charge in [0.1, 0.15) is 11.2 Å². The van der Waals surface area contributed by atoms with Gasteiger partial charge >= 0.3 is 12.1 Å². The third kappa shape index (κ3) is 5.29. The van der Waals surface area contributed by atoms with E-state index in [1.165, 1.54) is 6.20 Å². The average Bonchev–Trinajstić information content (AvgIpc) is 3.56. The van der Waals surface area contributed by atoms with Crippen molar-refractivity contribution in [2.75, 3.05) is 25.1 Å². The Morgan fingerprint density at radius 1 is 1.22 bits per heavy atom. The zero-order valence-corrected chi connectivity index (χ0v) is 21.8. The van der Waals surface area contributed by atoms with Crippen LogP contribution in [-0.2, 0) is 4.74 Å². The fourth-order valence-electron chi connectivity index (χ4n) is 5.23. The van der Waals surface area contributed by atoms with Crippen LogP contribution < -0.4 is 20.4 Å². The van der Waals surface area contributed by atoms with Gasteiger partial charge in [0.25, 0.3) is 0 Å². The number of hydrogen-bond acceptors (Lipinski definition) is 6. The number of alkyl carbamates (subject to hydrolysis) is 1. The maximum absolute atomic E-state index is 13.0. The summed E-state index contributed by atoms with van der Waals surface area (Å²) in [7, 11) is 1.60. The van der Waals surface area contributed by atoms with E-state index in [1.54, 1.807) is 13.2 Å². The lowest BCUT2D eigenvalue weighted by atomic mass is 10.0. The number of pyridine rings is 1. The van der Waals surface area contributed by atoms with E-state index in [2.05, 4.69) is 17.1 Å². The fraction of sp³-hybridized carbons (Fsp3) is 0.593. The Labute approximate surface area is 211 Å². The second kappa shape index (κ2) is 10.0. The van der Waals surface area contributed by atoms with Gasteiger partial charge in [-0.25, -0.2) is 9.59 Å². The quantitative estimate of drug-likeness (QED) is 0.548. The molecule has 1 unspecified atom stereocenters. The van der Waals surface area contributed by atoms with Gasteiger partial charge in [0.05, 0.1) is 23.7 Å². The number of carbonyl (C=O) groups is 2. The van der Waals surface area contributed by atoms with E-state index in [0.717, 1.165) is 44.3 Å². The number of nitrogens with one attached hydrogen (secondary N) is 1. The number of methoxy groups -OCH3 is 1. The highest BCUT2D eigenvalue weighted by Crippen LogP contribution is 2.44. The first-order valence-electron chi connectivity index (χ1n) is 12.8. The van der Waals surface area contributed by atoms with Gasteiger partial charge in [-0.2, -0.15) is 0 Å². The Kier molecular flexibility index (Phi) is 7.20. The maximum Gasteiger partial charge on any atom is 0.407 e. The molecular formula is C27H37N3O6. The standard InChI is InChI=1S/C27H37N3O6/c1-6-17-13-16(11-12-28-26(34)36-27(2,3)4)14-29(17)21-10-9-19-22(24(21)35-5)30(18-7-8-18)15-20(23(19)31)25(32)33/h9-10,15-18H,6-8,11-14H2,1-5H3,(H,28,34)(H,32,33)/t16-,17?/m1/s1. The number of carboxylic acids is 1. The maximum atomic E-state index is 13.0. The molecule has 1 amide bonds. The summed E-state index contributed by atoms with van der Waals surface area (Å²) in [6.45, 7) is 9.03. The molecule has 1 saturated carbocycles. The molecule has 1 aliphatic carbocycles. The second-order valence-electron chi connectivity index (χ2n) is 10.9. The third-order valence-electron chi connectivity index (χ3n) is 7.00. The zero-order valence-electron chi connectivity index (χ0n) is 21.8. The first-order chi connectivity index (χ1) is 17.0. The van der Waals surface area contributed by atoms with Crippen LogP contribution in [0, 0.1) is 5.92 Å². The fourth-order valence-corrected chi connectivity index (χ4v) is 5.23. The Hall–Kier alpha value is -3.23. The normalized spacial score (nSPS) is 20.0. The highest BCUT2D eigenvalue weighted by atomic mass is 16.6. The van der Waals surface area contributed by atoms with E-state index in [1.807, 2.05) is 31.4 Å². The lowest BCUT2D eigenvalue weighted by Crippen LogP contribution is -2.33. The average molecular weight is 500 g/mol. The number of nitrogens with zero attached hydrogens (tertiary/aromatic N) is 2. The molecule has 1 saturated heterocycles. The molecule has 9 nitrogen and oxygen atoms in total. The van der Waals surface area contributed by atoms with E-state index >= 15 is 0 Å². The van der Waals surface area contributed by atoms with E-state index in [-0.39, 0.29) is 11.6 Å². The van der Waals surface area contributed by atoms with Gasteiger partial charge in [-0.3, -0.25) is 4.79 Å². The minimum atomic E-state index is -1.22. The lowest BCUT2D eigenvalue weighted by Gasteiger charge is -2.29. The van der Waals surface area contributed by atoms with Crippen molar-refractivity contribution in [1.29, 1.82) is 0 Å². The van der Waals surface area contributed by atoms with Gasteiger partial charge in [0.15, 0.2) is 5.75 Å². The molecule has 36 heavy (non-hydrogen) atoms. The minimum Gasteiger partial charge on any atom is -0.492 e. The predicted molar refractivity (Wildman–Crippen MR) is 138 cm³/mol. The molecule has 2 heterocycles. The molecule has 9 heteroatoms. The summed E-state index contributed by atoms with van der Waals surface area (Å²) < 4.78 is 13.2. The number of carbonyl (C=O) groups excluding carboxylic acids is 1. The van der Waals surface area contributed by atoms with E-state index in [9.17, 15) is 19.5 Å². The lowest BCUT2D eigenvalue weighted by molar-refractivity contribution is 0.0524. The van der Waals surface area contributed by atoms with Gasteiger partial charge < -0.3 is 29.4 Å². The molecule has 2 N–H and O–H groups in total. The number of carboxylic acid groups (broad SMARTS) is 1. The topological polar surface area (TPSA) is 110 Å². The Morgan fingerprint density at radius 3 is 2.53 bits per heavy atom. The Bertz CT molecular complexity index is 1210. The van der Waals surface area contributed by atoms with Crippen molar-refractivity contribution in [2.45, 2.75) is 77.5 Å². The molecule has 2 fully saturated rings. The summed E-state index contributed by atoms with van der Waals surface area (Å²) in [5.41, 5.74) is 0.350. The van der Waals surface area contributed by atoms with Gasteiger partial charge in [-0.1, -0.05) is 6.92 Å². The first kappa shape index (κ1) is 25.9. The van der Waals surface area contributed by atoms with Crippen LogP contribution in [0.1, 0.15) is 76.2 Å². The number of anilines is 1. The van der Waals surface area contributed by atoms with Crippen LogP contribution in [-0.4, -0.2) is 53.6 Å². The van der Waals surface area contributed by atoms with Crippen LogP contribution in [0.2, 0.25) is 0 Å². The van der Waals surface area contributed by atoms with Crippen LogP contribution in [0.4, 0.5) is 10.5 Å². The van der Waals surface area contributed by atoms with E-state index < -0.39 is 23.1 Å². The van der Waals surface area contributed by atoms with Crippen LogP contribution in [0.5, 0.6) is 5.75 Å². The van der Waals surface area contributed by atoms with E-state index in [4.69, 9.17) is 9.47 Å². The molecular weight excluding hydrogens is 462 g/mol. The number of hydrogen-bond donors (Lipinski definition) is 2. The minimum absolute atomic E-state index is 0.169. The number of fused-ring (bicyclic) bond motifs is 1. The van der Waals surface area contributed by atoms with Gasteiger partial charge in [0.2, 0.25) is 5.43 Å². The summed E-state index contributed by atoms with van der Waals surface area (Å²) in [4.78, 5) is 39.1. The smallest absolute Gasteiger partial charge is 0.407 e. The number of benzene rings is 1. The highest BCUT2D eigenvalue weighted by molar-refractivity contribution is 5.97. The Morgan fingerprint density at radius 2 is 1.94 bits per heavy atom. The number of aromatic nitrogens is 1. The SMILES string of the molecule is CCC1C[C@@H](CCNC(=O)OC(C)(C)C)CN1c1ccc2c(=O)c(C(=O)O)cn(C3CC3)c2c1OC. The number of ether oxygens (including phenoxy) is 2. The Balaban J connectivity index is 1.61. The first-order valence-corrected chi connectivity index (χ1v) is 12.8. The van der Waals surface area contributed by atoms with Crippen LogP contribution in [0.25, 0.3) is 10.9 Å². The summed E-state index contributed by atoms with van der Waals surface area (Å²) in [5.74, 6) is -0.225. The van der Waals surface area contributed by atoms with Crippen molar-refractivity contribution in [2.24, 2.45) is 5.92 Å². The predicted octanol–water partition coefficient (Wildman–Crippen LogP) is 4.56. The molecule has 0 spiro atoms. The second-order valence-corrected chi connectivity index (χ2v) is 10.9. The molecule has 196 valence electrons. The number of rotatable bonds is 8. The molecule has 2 aromatic rings. The molecule has 2 aliphatic rings. The van der Waals surface area contributed by atoms with Crippen molar-refractivity contribution in [3.8, 4) is 5.75 Å². The number of amides is 1. The zero-order chi connectivity index (χ0) is 26.2. The van der Waals surface area contributed by atoms with Gasteiger partial charge in [0, 0.05) is 31.4 Å².